The van der Waals surface area contributed by atoms with Crippen LogP contribution in [-0.2, 0) is 52.3 Å². The third-order valence-electron chi connectivity index (χ3n) is 3.27. The zero-order valence-electron chi connectivity index (χ0n) is 16.0. The number of aromatic carboxylic acids is 2. The Hall–Kier alpha value is -2.36. The molecule has 0 bridgehead atoms. The van der Waals surface area contributed by atoms with Gasteiger partial charge in [0, 0.05) is 0 Å². The molecule has 0 aliphatic carbocycles. The van der Waals surface area contributed by atoms with E-state index in [1.807, 2.05) is 0 Å². The molecule has 0 aliphatic rings. The fourth-order valence-electron chi connectivity index (χ4n) is 2.00. The van der Waals surface area contributed by atoms with Crippen molar-refractivity contribution in [1.82, 2.24) is 0 Å². The van der Waals surface area contributed by atoms with Crippen molar-refractivity contribution < 1.29 is 87.8 Å². The Morgan fingerprint density at radius 2 is 0.800 bits per heavy atom. The SMILES string of the molecule is O.O=C([O-])c1ccc([C@@H](O)[C@@H](O)c2ccc(C(=O)[O-])cc2)cc1.[OH3+].[OH3+].[OH3+].[OH3+].[OH3+].[OH3+].[Zn+2]. The molecular weight excluding hydrogens is 466 g/mol. The molecule has 0 aromatic heterocycles. The van der Waals surface area contributed by atoms with Crippen LogP contribution in [0.3, 0.4) is 0 Å². The number of hydrogen-bond acceptors (Lipinski definition) is 6. The topological polar surface area (TPSA) is 350 Å². The minimum Gasteiger partial charge on any atom is -0.545 e. The minimum atomic E-state index is -1.33. The minimum absolute atomic E-state index is 0. The van der Waals surface area contributed by atoms with E-state index in [1.54, 1.807) is 0 Å². The maximum atomic E-state index is 10.6. The summed E-state index contributed by atoms with van der Waals surface area (Å²) < 4.78 is 0. The van der Waals surface area contributed by atoms with Crippen LogP contribution in [0.2, 0.25) is 0 Å². The summed E-state index contributed by atoms with van der Waals surface area (Å²) >= 11 is 0. The molecule has 2 atom stereocenters. The Bertz CT molecular complexity index is 630. The summed E-state index contributed by atoms with van der Waals surface area (Å²) in [5.74, 6) is -2.67. The molecule has 170 valence electrons. The smallest absolute Gasteiger partial charge is 0.545 e. The molecule has 0 aliphatic heterocycles. The summed E-state index contributed by atoms with van der Waals surface area (Å²) in [5, 5.41) is 41.5. The number of benzene rings is 2. The van der Waals surface area contributed by atoms with Crippen LogP contribution >= 0.6 is 0 Å². The van der Waals surface area contributed by atoms with Gasteiger partial charge in [-0.2, -0.15) is 0 Å². The van der Waals surface area contributed by atoms with E-state index in [0.29, 0.717) is 11.1 Å². The maximum absolute atomic E-state index is 10.6. The summed E-state index contributed by atoms with van der Waals surface area (Å²) in [7, 11) is 0. The van der Waals surface area contributed by atoms with Gasteiger partial charge in [-0.05, 0) is 22.3 Å². The van der Waals surface area contributed by atoms with Gasteiger partial charge in [-0.15, -0.1) is 0 Å². The molecule has 0 unspecified atom stereocenters. The molecule has 0 amide bonds. The molecule has 0 radical (unpaired) electrons. The van der Waals surface area contributed by atoms with E-state index in [1.165, 1.54) is 48.5 Å². The molecule has 0 saturated carbocycles. The molecule has 2 rings (SSSR count). The first-order valence-electron chi connectivity index (χ1n) is 6.39. The largest absolute Gasteiger partial charge is 2.00 e. The average Bonchev–Trinajstić information content (AvgIpc) is 2.53. The van der Waals surface area contributed by atoms with Crippen molar-refractivity contribution in [2.24, 2.45) is 0 Å². The predicted octanol–water partition coefficient (Wildman–Crippen LogP) is -7.18. The number of carbonyl (C=O) groups is 2. The Kier molecular flexibility index (Phi) is 30.6. The third-order valence-corrected chi connectivity index (χ3v) is 3.27. The van der Waals surface area contributed by atoms with Gasteiger partial charge in [-0.25, -0.2) is 0 Å². The molecule has 14 heteroatoms. The fourth-order valence-corrected chi connectivity index (χ4v) is 2.00. The second kappa shape index (κ2) is 19.9. The van der Waals surface area contributed by atoms with Gasteiger partial charge in [0.15, 0.2) is 0 Å². The number of hydrogen-bond donors (Lipinski definition) is 2. The zero-order valence-corrected chi connectivity index (χ0v) is 18.9. The van der Waals surface area contributed by atoms with E-state index in [-0.39, 0.29) is 68.9 Å². The van der Waals surface area contributed by atoms with Crippen molar-refractivity contribution in [2.75, 3.05) is 0 Å². The zero-order chi connectivity index (χ0) is 16.3. The monoisotopic (exact) mass is 496 g/mol. The quantitative estimate of drug-likeness (QED) is 0.298. The molecule has 2 aromatic rings. The summed E-state index contributed by atoms with van der Waals surface area (Å²) in [5.41, 5.74) is 0.565. The fraction of sp³-hybridized carbons (Fsp3) is 0.125. The first-order chi connectivity index (χ1) is 10.4. The van der Waals surface area contributed by atoms with E-state index in [4.69, 9.17) is 0 Å². The number of carboxylic acid groups (broad SMARTS) is 2. The molecule has 0 heterocycles. The first kappa shape index (κ1) is 46.0. The molecule has 0 saturated heterocycles. The van der Waals surface area contributed by atoms with Crippen LogP contribution in [0.15, 0.2) is 48.5 Å². The number of aliphatic hydroxyl groups excluding tert-OH is 2. The standard InChI is InChI=1S/C16H14O6.7H2O.Zn/c17-13(9-1-5-11(6-2-9)15(19)20)14(18)10-3-7-12(8-4-10)16(21)22;;;;;;;;/h1-8,13-14,17-18H,(H,19,20)(H,21,22);7*1H2;/q;;;;;;;;+2/p+4/t13-,14+;;;;;;;;. The van der Waals surface area contributed by atoms with E-state index in [0.717, 1.165) is 0 Å². The van der Waals surface area contributed by atoms with Crippen LogP contribution < -0.4 is 10.2 Å². The normalized spacial score (nSPS) is 9.80. The number of aliphatic hydroxyl groups is 2. The molecule has 30 heavy (non-hydrogen) atoms. The average molecular weight is 498 g/mol. The Morgan fingerprint density at radius 1 is 0.600 bits per heavy atom. The van der Waals surface area contributed by atoms with Gasteiger partial charge in [0.2, 0.25) is 0 Å². The van der Waals surface area contributed by atoms with Gasteiger partial charge in [0.05, 0.1) is 11.9 Å². The molecule has 22 N–H and O–H groups in total. The van der Waals surface area contributed by atoms with Crippen molar-refractivity contribution in [3.63, 3.8) is 0 Å². The summed E-state index contributed by atoms with van der Waals surface area (Å²) in [6, 6.07) is 10.5. The van der Waals surface area contributed by atoms with E-state index >= 15 is 0 Å². The van der Waals surface area contributed by atoms with Crippen LogP contribution in [0, 0.1) is 0 Å². The van der Waals surface area contributed by atoms with Crippen LogP contribution in [0.25, 0.3) is 0 Å². The van der Waals surface area contributed by atoms with Gasteiger partial charge < -0.3 is 68.3 Å². The van der Waals surface area contributed by atoms with Crippen molar-refractivity contribution in [3.05, 3.63) is 70.8 Å². The Morgan fingerprint density at radius 3 is 0.967 bits per heavy atom. The third kappa shape index (κ3) is 11.0. The van der Waals surface area contributed by atoms with Crippen LogP contribution in [0.5, 0.6) is 0 Å². The Labute approximate surface area is 183 Å². The van der Waals surface area contributed by atoms with Gasteiger partial charge in [0.25, 0.3) is 0 Å². The van der Waals surface area contributed by atoms with Crippen LogP contribution in [0.1, 0.15) is 44.1 Å². The first-order valence-corrected chi connectivity index (χ1v) is 6.39. The van der Waals surface area contributed by atoms with Crippen molar-refractivity contribution in [2.45, 2.75) is 12.2 Å². The second-order valence-electron chi connectivity index (χ2n) is 4.71. The summed E-state index contributed by atoms with van der Waals surface area (Å²) in [4.78, 5) is 21.3. The van der Waals surface area contributed by atoms with Crippen molar-refractivity contribution in [1.29, 1.82) is 0 Å². The van der Waals surface area contributed by atoms with Gasteiger partial charge >= 0.3 is 19.5 Å². The summed E-state index contributed by atoms with van der Waals surface area (Å²) in [6.45, 7) is 0. The van der Waals surface area contributed by atoms with E-state index in [2.05, 4.69) is 0 Å². The number of carbonyl (C=O) groups excluding carboxylic acids is 2. The van der Waals surface area contributed by atoms with E-state index < -0.39 is 24.1 Å². The molecule has 0 spiro atoms. The molecule has 13 nitrogen and oxygen atoms in total. The molecule has 2 aromatic carbocycles. The van der Waals surface area contributed by atoms with Crippen molar-refractivity contribution in [3.8, 4) is 0 Å². The summed E-state index contributed by atoms with van der Waals surface area (Å²) in [6.07, 6.45) is -2.57. The number of rotatable bonds is 5. The van der Waals surface area contributed by atoms with Crippen LogP contribution in [0.4, 0.5) is 0 Å². The second-order valence-corrected chi connectivity index (χ2v) is 4.71. The van der Waals surface area contributed by atoms with E-state index in [9.17, 15) is 30.0 Å². The maximum Gasteiger partial charge on any atom is 2.00 e. The van der Waals surface area contributed by atoms with Crippen molar-refractivity contribution >= 4 is 11.9 Å². The molecular formula is C16H32O13Zn+6. The Balaban J connectivity index is -0.000000132. The number of carboxylic acids is 2. The van der Waals surface area contributed by atoms with Gasteiger partial charge in [-0.1, -0.05) is 48.5 Å². The predicted molar refractivity (Wildman–Crippen MR) is 104 cm³/mol. The molecule has 0 fully saturated rings. The van der Waals surface area contributed by atoms with Gasteiger partial charge in [-0.3, -0.25) is 0 Å². The van der Waals surface area contributed by atoms with Gasteiger partial charge in [0.1, 0.15) is 12.2 Å². The van der Waals surface area contributed by atoms with Crippen LogP contribution in [-0.4, -0.2) is 27.6 Å².